The predicted octanol–water partition coefficient (Wildman–Crippen LogP) is 3.30. The molecule has 0 aliphatic rings. The first-order valence-corrected chi connectivity index (χ1v) is 8.34. The molecule has 0 radical (unpaired) electrons. The first-order valence-electron chi connectivity index (χ1n) is 8.34. The zero-order valence-corrected chi connectivity index (χ0v) is 18.4. The lowest BCUT2D eigenvalue weighted by Gasteiger charge is -2.26. The van der Waals surface area contributed by atoms with E-state index in [-0.39, 0.29) is 29.4 Å². The van der Waals surface area contributed by atoms with E-state index in [4.69, 9.17) is 0 Å². The molecule has 2 N–H and O–H groups in total. The van der Waals surface area contributed by atoms with Gasteiger partial charge in [0, 0.05) is 43.9 Å². The van der Waals surface area contributed by atoms with Crippen LogP contribution in [0, 0.1) is 13.8 Å². The van der Waals surface area contributed by atoms with E-state index in [0.717, 1.165) is 24.7 Å². The van der Waals surface area contributed by atoms with Gasteiger partial charge in [0.25, 0.3) is 0 Å². The maximum Gasteiger partial charge on any atom is 0.191 e. The Kier molecular flexibility index (Phi) is 7.92. The lowest BCUT2D eigenvalue weighted by atomic mass is 9.85. The number of aromatic nitrogens is 2. The van der Waals surface area contributed by atoms with Crippen LogP contribution in [0.25, 0.3) is 0 Å². The Balaban J connectivity index is 0.00000312. The molecule has 0 bridgehead atoms. The minimum atomic E-state index is 0. The van der Waals surface area contributed by atoms with Crippen LogP contribution in [-0.2, 0) is 19.0 Å². The molecule has 0 aliphatic heterocycles. The van der Waals surface area contributed by atoms with Crippen molar-refractivity contribution < 1.29 is 0 Å². The lowest BCUT2D eigenvalue weighted by Crippen LogP contribution is -2.43. The van der Waals surface area contributed by atoms with Crippen LogP contribution in [0.5, 0.6) is 0 Å². The van der Waals surface area contributed by atoms with E-state index in [2.05, 4.69) is 65.8 Å². The van der Waals surface area contributed by atoms with E-state index in [1.165, 1.54) is 16.8 Å². The van der Waals surface area contributed by atoms with Crippen molar-refractivity contribution in [1.82, 2.24) is 20.4 Å². The summed E-state index contributed by atoms with van der Waals surface area (Å²) in [5.41, 5.74) is 4.80. The van der Waals surface area contributed by atoms with Crippen LogP contribution in [0.3, 0.4) is 0 Å². The van der Waals surface area contributed by atoms with Crippen molar-refractivity contribution in [2.75, 3.05) is 13.6 Å². The number of nitrogens with one attached hydrogen (secondary N) is 2. The lowest BCUT2D eigenvalue weighted by molar-refractivity contribution is 0.508. The normalized spacial score (nSPS) is 11.8. The van der Waals surface area contributed by atoms with Gasteiger partial charge >= 0.3 is 0 Å². The van der Waals surface area contributed by atoms with Gasteiger partial charge in [0.05, 0.1) is 5.69 Å². The van der Waals surface area contributed by atoms with E-state index in [0.29, 0.717) is 0 Å². The number of hydrogen-bond donors (Lipinski definition) is 2. The molecule has 1 aromatic carbocycles. The van der Waals surface area contributed by atoms with Crippen LogP contribution in [0.4, 0.5) is 0 Å². The van der Waals surface area contributed by atoms with Crippen molar-refractivity contribution >= 4 is 29.9 Å². The zero-order valence-electron chi connectivity index (χ0n) is 16.1. The third kappa shape index (κ3) is 5.45. The molecule has 5 nitrogen and oxygen atoms in total. The van der Waals surface area contributed by atoms with E-state index in [9.17, 15) is 0 Å². The predicted molar refractivity (Wildman–Crippen MR) is 116 cm³/mol. The molecule has 25 heavy (non-hydrogen) atoms. The van der Waals surface area contributed by atoms with Crippen LogP contribution in [0.1, 0.15) is 36.4 Å². The second-order valence-electron chi connectivity index (χ2n) is 6.80. The average Bonchev–Trinajstić information content (AvgIpc) is 2.81. The van der Waals surface area contributed by atoms with Gasteiger partial charge < -0.3 is 10.6 Å². The Hall–Kier alpha value is -1.57. The van der Waals surface area contributed by atoms with E-state index in [1.54, 1.807) is 7.05 Å². The number of aliphatic imine (C=N–C) groups is 1. The van der Waals surface area contributed by atoms with E-state index in [1.807, 2.05) is 24.7 Å². The number of nitrogens with zero attached hydrogens (tertiary/aromatic N) is 3. The summed E-state index contributed by atoms with van der Waals surface area (Å²) >= 11 is 0. The van der Waals surface area contributed by atoms with Gasteiger partial charge in [-0.1, -0.05) is 44.2 Å². The molecule has 2 rings (SSSR count). The fourth-order valence-corrected chi connectivity index (χ4v) is 2.76. The number of guanidine groups is 1. The SMILES string of the molecule is CN=C(NCc1c(C)nn(C)c1C)NCC(C)(C)c1ccccc1.I. The number of halogens is 1. The maximum atomic E-state index is 4.46. The van der Waals surface area contributed by atoms with E-state index >= 15 is 0 Å². The Morgan fingerprint density at radius 2 is 1.80 bits per heavy atom. The number of aryl methyl sites for hydroxylation is 2. The minimum absolute atomic E-state index is 0. The Morgan fingerprint density at radius 3 is 2.32 bits per heavy atom. The molecule has 0 saturated heterocycles. The molecule has 0 fully saturated rings. The highest BCUT2D eigenvalue weighted by Crippen LogP contribution is 2.21. The summed E-state index contributed by atoms with van der Waals surface area (Å²) < 4.78 is 1.92. The van der Waals surface area contributed by atoms with Gasteiger partial charge in [-0.2, -0.15) is 5.10 Å². The molecular formula is C19H30IN5. The highest BCUT2D eigenvalue weighted by molar-refractivity contribution is 14.0. The zero-order chi connectivity index (χ0) is 17.7. The quantitative estimate of drug-likeness (QED) is 0.414. The second kappa shape index (κ2) is 9.22. The number of rotatable bonds is 5. The highest BCUT2D eigenvalue weighted by Gasteiger charge is 2.20. The monoisotopic (exact) mass is 455 g/mol. The average molecular weight is 455 g/mol. The molecule has 138 valence electrons. The molecule has 1 heterocycles. The second-order valence-corrected chi connectivity index (χ2v) is 6.80. The molecule has 0 aliphatic carbocycles. The third-order valence-electron chi connectivity index (χ3n) is 4.57. The molecular weight excluding hydrogens is 425 g/mol. The molecule has 6 heteroatoms. The van der Waals surface area contributed by atoms with Crippen LogP contribution >= 0.6 is 24.0 Å². The molecule has 0 spiro atoms. The summed E-state index contributed by atoms with van der Waals surface area (Å²) in [6.45, 7) is 10.1. The molecule has 0 atom stereocenters. The van der Waals surface area contributed by atoms with Gasteiger partial charge in [-0.25, -0.2) is 0 Å². The van der Waals surface area contributed by atoms with Gasteiger partial charge in [-0.15, -0.1) is 24.0 Å². The van der Waals surface area contributed by atoms with Crippen molar-refractivity contribution in [3.05, 3.63) is 52.8 Å². The molecule has 2 aromatic rings. The summed E-state index contributed by atoms with van der Waals surface area (Å²) in [6.07, 6.45) is 0. The first-order chi connectivity index (χ1) is 11.3. The first kappa shape index (κ1) is 21.5. The van der Waals surface area contributed by atoms with Crippen molar-refractivity contribution in [3.8, 4) is 0 Å². The van der Waals surface area contributed by atoms with Gasteiger partial charge in [-0.3, -0.25) is 9.67 Å². The number of benzene rings is 1. The third-order valence-corrected chi connectivity index (χ3v) is 4.57. The molecule has 0 amide bonds. The highest BCUT2D eigenvalue weighted by atomic mass is 127. The number of hydrogen-bond acceptors (Lipinski definition) is 2. The fourth-order valence-electron chi connectivity index (χ4n) is 2.76. The Bertz CT molecular complexity index is 704. The minimum Gasteiger partial charge on any atom is -0.356 e. The van der Waals surface area contributed by atoms with Crippen LogP contribution < -0.4 is 10.6 Å². The van der Waals surface area contributed by atoms with Crippen molar-refractivity contribution in [2.24, 2.45) is 12.0 Å². The van der Waals surface area contributed by atoms with Crippen LogP contribution in [0.15, 0.2) is 35.3 Å². The molecule has 1 aromatic heterocycles. The van der Waals surface area contributed by atoms with Gasteiger partial charge in [0.2, 0.25) is 0 Å². The van der Waals surface area contributed by atoms with Crippen molar-refractivity contribution in [2.45, 2.75) is 39.7 Å². The van der Waals surface area contributed by atoms with Crippen molar-refractivity contribution in [1.29, 1.82) is 0 Å². The summed E-state index contributed by atoms with van der Waals surface area (Å²) in [5, 5.41) is 11.3. The van der Waals surface area contributed by atoms with Crippen LogP contribution in [-0.4, -0.2) is 29.3 Å². The molecule has 0 saturated carbocycles. The summed E-state index contributed by atoms with van der Waals surface area (Å²) in [6, 6.07) is 10.5. The topological polar surface area (TPSA) is 54.2 Å². The van der Waals surface area contributed by atoms with Gasteiger partial charge in [0.15, 0.2) is 5.96 Å². The van der Waals surface area contributed by atoms with E-state index < -0.39 is 0 Å². The Labute approximate surface area is 168 Å². The molecule has 0 unspecified atom stereocenters. The maximum absolute atomic E-state index is 4.46. The smallest absolute Gasteiger partial charge is 0.191 e. The fraction of sp³-hybridized carbons (Fsp3) is 0.474. The van der Waals surface area contributed by atoms with Crippen molar-refractivity contribution in [3.63, 3.8) is 0 Å². The van der Waals surface area contributed by atoms with Gasteiger partial charge in [-0.05, 0) is 19.4 Å². The summed E-state index contributed by atoms with van der Waals surface area (Å²) in [5.74, 6) is 0.807. The standard InChI is InChI=1S/C19H29N5.HI/c1-14-17(15(2)24(6)23-14)12-21-18(20-5)22-13-19(3,4)16-10-8-7-9-11-16;/h7-11H,12-13H2,1-6H3,(H2,20,21,22);1H. The van der Waals surface area contributed by atoms with Crippen LogP contribution in [0.2, 0.25) is 0 Å². The summed E-state index contributed by atoms with van der Waals surface area (Å²) in [4.78, 5) is 4.33. The largest absolute Gasteiger partial charge is 0.356 e. The Morgan fingerprint density at radius 1 is 1.16 bits per heavy atom. The van der Waals surface area contributed by atoms with Gasteiger partial charge in [0.1, 0.15) is 0 Å². The summed E-state index contributed by atoms with van der Waals surface area (Å²) in [7, 11) is 3.77.